The fourth-order valence-electron chi connectivity index (χ4n) is 3.08. The minimum absolute atomic E-state index is 0.0180. The van der Waals surface area contributed by atoms with Crippen molar-refractivity contribution >= 4 is 47.3 Å². The van der Waals surface area contributed by atoms with Gasteiger partial charge >= 0.3 is 6.09 Å². The SMILES string of the molecule is O=Cc1ccccc1Sc1ccc(COC(=O)N2CCN(CCO)CC2)c(Cl)c1Cl. The number of rotatable bonds is 7. The summed E-state index contributed by atoms with van der Waals surface area (Å²) in [5.74, 6) is 0. The molecule has 160 valence electrons. The molecule has 1 aliphatic heterocycles. The Bertz CT molecular complexity index is 905. The van der Waals surface area contributed by atoms with E-state index in [1.807, 2.05) is 12.1 Å². The van der Waals surface area contributed by atoms with Crippen LogP contribution in [0.3, 0.4) is 0 Å². The predicted molar refractivity (Wildman–Crippen MR) is 118 cm³/mol. The molecule has 1 N–H and O–H groups in total. The Kier molecular flexibility index (Phi) is 8.41. The molecule has 1 saturated heterocycles. The van der Waals surface area contributed by atoms with Crippen LogP contribution in [0, 0.1) is 0 Å². The Morgan fingerprint density at radius 2 is 1.80 bits per heavy atom. The van der Waals surface area contributed by atoms with Crippen LogP contribution < -0.4 is 0 Å². The lowest BCUT2D eigenvalue weighted by molar-refractivity contribution is 0.0674. The Balaban J connectivity index is 1.60. The van der Waals surface area contributed by atoms with E-state index in [9.17, 15) is 9.59 Å². The molecule has 1 fully saturated rings. The molecule has 1 amide bonds. The Labute approximate surface area is 189 Å². The van der Waals surface area contributed by atoms with Gasteiger partial charge in [0, 0.05) is 53.6 Å². The first-order valence-electron chi connectivity index (χ1n) is 9.47. The van der Waals surface area contributed by atoms with Crippen LogP contribution in [-0.2, 0) is 11.3 Å². The van der Waals surface area contributed by atoms with Gasteiger partial charge in [-0.25, -0.2) is 4.79 Å². The van der Waals surface area contributed by atoms with Crippen LogP contribution in [0.1, 0.15) is 15.9 Å². The van der Waals surface area contributed by atoms with Gasteiger partial charge in [-0.15, -0.1) is 0 Å². The lowest BCUT2D eigenvalue weighted by Crippen LogP contribution is -2.49. The van der Waals surface area contributed by atoms with Gasteiger partial charge in [0.15, 0.2) is 6.29 Å². The molecule has 2 aromatic rings. The molecular formula is C21H22Cl2N2O4S. The van der Waals surface area contributed by atoms with Crippen LogP contribution in [0.2, 0.25) is 10.0 Å². The van der Waals surface area contributed by atoms with E-state index in [2.05, 4.69) is 4.90 Å². The normalized spacial score (nSPS) is 14.6. The molecule has 0 atom stereocenters. The van der Waals surface area contributed by atoms with Crippen molar-refractivity contribution in [2.24, 2.45) is 0 Å². The van der Waals surface area contributed by atoms with E-state index in [4.69, 9.17) is 33.0 Å². The average molecular weight is 469 g/mol. The molecule has 2 aromatic carbocycles. The number of ether oxygens (including phenoxy) is 1. The van der Waals surface area contributed by atoms with Crippen molar-refractivity contribution in [1.29, 1.82) is 0 Å². The summed E-state index contributed by atoms with van der Waals surface area (Å²) < 4.78 is 5.42. The molecule has 1 heterocycles. The summed E-state index contributed by atoms with van der Waals surface area (Å²) in [6, 6.07) is 10.8. The number of benzene rings is 2. The lowest BCUT2D eigenvalue weighted by Gasteiger charge is -2.33. The van der Waals surface area contributed by atoms with E-state index < -0.39 is 6.09 Å². The minimum atomic E-state index is -0.399. The number of carbonyl (C=O) groups excluding carboxylic acids is 2. The smallest absolute Gasteiger partial charge is 0.410 e. The molecule has 9 heteroatoms. The summed E-state index contributed by atoms with van der Waals surface area (Å²) >= 11 is 14.2. The van der Waals surface area contributed by atoms with E-state index in [-0.39, 0.29) is 13.2 Å². The molecule has 6 nitrogen and oxygen atoms in total. The van der Waals surface area contributed by atoms with E-state index in [1.165, 1.54) is 11.8 Å². The van der Waals surface area contributed by atoms with E-state index in [1.54, 1.807) is 29.2 Å². The molecule has 0 saturated carbocycles. The highest BCUT2D eigenvalue weighted by atomic mass is 35.5. The van der Waals surface area contributed by atoms with Crippen LogP contribution in [0.4, 0.5) is 4.79 Å². The Morgan fingerprint density at radius 1 is 1.07 bits per heavy atom. The van der Waals surface area contributed by atoms with Crippen LogP contribution in [0.15, 0.2) is 46.2 Å². The van der Waals surface area contributed by atoms with Crippen LogP contribution in [0.5, 0.6) is 0 Å². The third kappa shape index (κ3) is 5.68. The number of hydrogen-bond donors (Lipinski definition) is 1. The number of nitrogens with zero attached hydrogens (tertiary/aromatic N) is 2. The van der Waals surface area contributed by atoms with Crippen molar-refractivity contribution in [3.63, 3.8) is 0 Å². The maximum Gasteiger partial charge on any atom is 0.410 e. The van der Waals surface area contributed by atoms with Crippen LogP contribution >= 0.6 is 35.0 Å². The van der Waals surface area contributed by atoms with Gasteiger partial charge in [-0.05, 0) is 12.1 Å². The van der Waals surface area contributed by atoms with Crippen molar-refractivity contribution in [3.8, 4) is 0 Å². The maximum atomic E-state index is 12.3. The number of carbonyl (C=O) groups is 2. The lowest BCUT2D eigenvalue weighted by atomic mass is 10.2. The molecule has 3 rings (SSSR count). The number of amides is 1. The summed E-state index contributed by atoms with van der Waals surface area (Å²) in [6.45, 7) is 3.26. The molecule has 0 radical (unpaired) electrons. The highest BCUT2D eigenvalue weighted by Crippen LogP contribution is 2.39. The van der Waals surface area contributed by atoms with Crippen molar-refractivity contribution < 1.29 is 19.4 Å². The Morgan fingerprint density at radius 3 is 2.50 bits per heavy atom. The molecule has 0 spiro atoms. The van der Waals surface area contributed by atoms with Gasteiger partial charge in [-0.1, -0.05) is 59.2 Å². The van der Waals surface area contributed by atoms with Gasteiger partial charge in [0.1, 0.15) is 6.61 Å². The molecule has 0 unspecified atom stereocenters. The third-order valence-corrected chi connectivity index (χ3v) is 6.98. The van der Waals surface area contributed by atoms with Gasteiger partial charge in [-0.3, -0.25) is 9.69 Å². The van der Waals surface area contributed by atoms with Gasteiger partial charge in [0.2, 0.25) is 0 Å². The number of β-amino-alcohol motifs (C(OH)–C–C–N with tert-alkyl or cyclic N) is 1. The Hall–Kier alpha value is -1.77. The van der Waals surface area contributed by atoms with Gasteiger partial charge < -0.3 is 14.7 Å². The number of hydrogen-bond acceptors (Lipinski definition) is 6. The fourth-order valence-corrected chi connectivity index (χ4v) is 4.60. The summed E-state index contributed by atoms with van der Waals surface area (Å²) in [5, 5.41) is 9.67. The number of aliphatic hydroxyl groups is 1. The summed E-state index contributed by atoms with van der Waals surface area (Å²) in [6.07, 6.45) is 0.402. The molecule has 1 aliphatic rings. The predicted octanol–water partition coefficient (Wildman–Crippen LogP) is 4.20. The zero-order chi connectivity index (χ0) is 21.5. The number of aldehydes is 1. The van der Waals surface area contributed by atoms with E-state index >= 15 is 0 Å². The van der Waals surface area contributed by atoms with Gasteiger partial charge in [0.05, 0.1) is 16.7 Å². The monoisotopic (exact) mass is 468 g/mol. The molecule has 0 aromatic heterocycles. The molecule has 0 aliphatic carbocycles. The topological polar surface area (TPSA) is 70.1 Å². The zero-order valence-corrected chi connectivity index (χ0v) is 18.6. The highest BCUT2D eigenvalue weighted by Gasteiger charge is 2.22. The van der Waals surface area contributed by atoms with Crippen LogP contribution in [-0.4, -0.2) is 66.6 Å². The number of halogens is 2. The quantitative estimate of drug-likeness (QED) is 0.613. The average Bonchev–Trinajstić information content (AvgIpc) is 2.77. The fraction of sp³-hybridized carbons (Fsp3) is 0.333. The summed E-state index contributed by atoms with van der Waals surface area (Å²) in [7, 11) is 0. The summed E-state index contributed by atoms with van der Waals surface area (Å²) in [5.41, 5.74) is 1.19. The molecular weight excluding hydrogens is 447 g/mol. The van der Waals surface area contributed by atoms with Gasteiger partial charge in [-0.2, -0.15) is 0 Å². The number of aliphatic hydroxyl groups excluding tert-OH is 1. The molecule has 30 heavy (non-hydrogen) atoms. The second-order valence-electron chi connectivity index (χ2n) is 6.72. The number of piperazine rings is 1. The van der Waals surface area contributed by atoms with E-state index in [0.29, 0.717) is 58.8 Å². The second-order valence-corrected chi connectivity index (χ2v) is 8.56. The maximum absolute atomic E-state index is 12.3. The minimum Gasteiger partial charge on any atom is -0.444 e. The molecule has 0 bridgehead atoms. The summed E-state index contributed by atoms with van der Waals surface area (Å²) in [4.78, 5) is 28.8. The second kappa shape index (κ2) is 11.0. The first kappa shape index (κ1) is 22.9. The zero-order valence-electron chi connectivity index (χ0n) is 16.2. The standard InChI is InChI=1S/C21H22Cl2N2O4S/c22-19-16(14-29-21(28)25-9-7-24(8-10-25)11-12-26)5-6-18(20(19)23)30-17-4-2-1-3-15(17)13-27/h1-6,13,26H,7-12,14H2. The van der Waals surface area contributed by atoms with Crippen molar-refractivity contribution in [2.45, 2.75) is 16.4 Å². The van der Waals surface area contributed by atoms with Crippen molar-refractivity contribution in [2.75, 3.05) is 39.3 Å². The van der Waals surface area contributed by atoms with Crippen LogP contribution in [0.25, 0.3) is 0 Å². The van der Waals surface area contributed by atoms with Crippen molar-refractivity contribution in [3.05, 3.63) is 57.6 Å². The first-order chi connectivity index (χ1) is 14.5. The van der Waals surface area contributed by atoms with Gasteiger partial charge in [0.25, 0.3) is 0 Å². The van der Waals surface area contributed by atoms with Crippen molar-refractivity contribution in [1.82, 2.24) is 9.80 Å². The van der Waals surface area contributed by atoms with E-state index in [0.717, 1.165) is 11.2 Å². The largest absolute Gasteiger partial charge is 0.444 e. The third-order valence-electron chi connectivity index (χ3n) is 4.79. The highest BCUT2D eigenvalue weighted by molar-refractivity contribution is 7.99. The first-order valence-corrected chi connectivity index (χ1v) is 11.0.